The average molecular weight is 291 g/mol. The van der Waals surface area contributed by atoms with Crippen molar-refractivity contribution in [1.82, 2.24) is 10.3 Å². The van der Waals surface area contributed by atoms with Crippen LogP contribution in [0.3, 0.4) is 0 Å². The zero-order valence-electron chi connectivity index (χ0n) is 13.1. The van der Waals surface area contributed by atoms with E-state index in [2.05, 4.69) is 15.2 Å². The van der Waals surface area contributed by atoms with Crippen molar-refractivity contribution in [2.24, 2.45) is 5.92 Å². The first-order valence-electron chi connectivity index (χ1n) is 7.57. The molecule has 0 radical (unpaired) electrons. The molecule has 1 N–H and O–H groups in total. The number of carbonyl (C=O) groups is 1. The Balaban J connectivity index is 1.81. The van der Waals surface area contributed by atoms with Crippen molar-refractivity contribution < 1.29 is 9.53 Å². The van der Waals surface area contributed by atoms with E-state index < -0.39 is 5.60 Å². The summed E-state index contributed by atoms with van der Waals surface area (Å²) in [6.07, 6.45) is 3.73. The van der Waals surface area contributed by atoms with E-state index in [9.17, 15) is 4.79 Å². The highest BCUT2D eigenvalue weighted by Gasteiger charge is 2.22. The monoisotopic (exact) mass is 291 g/mol. The van der Waals surface area contributed by atoms with E-state index in [1.807, 2.05) is 45.2 Å². The Labute approximate surface area is 126 Å². The molecule has 0 aliphatic carbocycles. The lowest BCUT2D eigenvalue weighted by Gasteiger charge is -2.33. The van der Waals surface area contributed by atoms with Gasteiger partial charge in [0.15, 0.2) is 0 Å². The Hall–Kier alpha value is -1.78. The maximum atomic E-state index is 11.7. The van der Waals surface area contributed by atoms with Crippen molar-refractivity contribution in [3.8, 4) is 0 Å². The van der Waals surface area contributed by atoms with Crippen molar-refractivity contribution in [3.05, 3.63) is 24.4 Å². The molecule has 1 aliphatic rings. The van der Waals surface area contributed by atoms with Crippen LogP contribution in [-0.4, -0.2) is 36.3 Å². The molecule has 1 fully saturated rings. The number of hydrogen-bond donors (Lipinski definition) is 1. The first kappa shape index (κ1) is 15.6. The molecule has 5 nitrogen and oxygen atoms in total. The number of hydrogen-bond acceptors (Lipinski definition) is 4. The summed E-state index contributed by atoms with van der Waals surface area (Å²) in [6, 6.07) is 5.96. The van der Waals surface area contributed by atoms with Crippen molar-refractivity contribution >= 4 is 11.9 Å². The third-order valence-electron chi connectivity index (χ3n) is 3.43. The molecule has 21 heavy (non-hydrogen) atoms. The maximum Gasteiger partial charge on any atom is 0.407 e. The second kappa shape index (κ2) is 6.78. The van der Waals surface area contributed by atoms with E-state index in [4.69, 9.17) is 4.74 Å². The second-order valence-electron chi connectivity index (χ2n) is 6.52. The number of carbonyl (C=O) groups excluding carboxylic acids is 1. The predicted molar refractivity (Wildman–Crippen MR) is 83.4 cm³/mol. The molecular formula is C16H25N3O2. The highest BCUT2D eigenvalue weighted by atomic mass is 16.6. The molecule has 0 aromatic carbocycles. The Morgan fingerprint density at radius 2 is 2.29 bits per heavy atom. The third-order valence-corrected chi connectivity index (χ3v) is 3.43. The SMILES string of the molecule is CC(C)(C)OC(=O)NC[C@H]1CCCN(c2ccccn2)C1. The Morgan fingerprint density at radius 3 is 2.95 bits per heavy atom. The molecule has 1 atom stereocenters. The third kappa shape index (κ3) is 5.25. The van der Waals surface area contributed by atoms with Gasteiger partial charge < -0.3 is 15.0 Å². The Kier molecular flexibility index (Phi) is 5.04. The standard InChI is InChI=1S/C16H25N3O2/c1-16(2,3)21-15(20)18-11-13-7-6-10-19(12-13)14-8-4-5-9-17-14/h4-5,8-9,13H,6-7,10-12H2,1-3H3,(H,18,20)/t13-/m1/s1. The first-order valence-corrected chi connectivity index (χ1v) is 7.57. The van der Waals surface area contributed by atoms with Crippen LogP contribution in [0.1, 0.15) is 33.6 Å². The molecule has 116 valence electrons. The van der Waals surface area contributed by atoms with Crippen molar-refractivity contribution in [3.63, 3.8) is 0 Å². The van der Waals surface area contributed by atoms with E-state index >= 15 is 0 Å². The van der Waals surface area contributed by atoms with Gasteiger partial charge in [0.25, 0.3) is 0 Å². The van der Waals surface area contributed by atoms with Crippen molar-refractivity contribution in [2.75, 3.05) is 24.5 Å². The topological polar surface area (TPSA) is 54.5 Å². The Morgan fingerprint density at radius 1 is 1.48 bits per heavy atom. The molecule has 0 spiro atoms. The first-order chi connectivity index (χ1) is 9.94. The van der Waals surface area contributed by atoms with Crippen molar-refractivity contribution in [1.29, 1.82) is 0 Å². The summed E-state index contributed by atoms with van der Waals surface area (Å²) in [6.45, 7) is 8.22. The summed E-state index contributed by atoms with van der Waals surface area (Å²) in [4.78, 5) is 18.4. The summed E-state index contributed by atoms with van der Waals surface area (Å²) in [5.74, 6) is 1.45. The fraction of sp³-hybridized carbons (Fsp3) is 0.625. The summed E-state index contributed by atoms with van der Waals surface area (Å²) < 4.78 is 5.26. The Bertz CT molecular complexity index is 456. The molecule has 1 aliphatic heterocycles. The highest BCUT2D eigenvalue weighted by Crippen LogP contribution is 2.20. The molecule has 2 rings (SSSR count). The smallest absolute Gasteiger partial charge is 0.407 e. The van der Waals surface area contributed by atoms with E-state index in [0.717, 1.165) is 31.7 Å². The lowest BCUT2D eigenvalue weighted by Crippen LogP contribution is -2.42. The molecule has 0 bridgehead atoms. The number of rotatable bonds is 3. The van der Waals surface area contributed by atoms with E-state index in [-0.39, 0.29) is 6.09 Å². The van der Waals surface area contributed by atoms with Crippen LogP contribution < -0.4 is 10.2 Å². The number of nitrogens with one attached hydrogen (secondary N) is 1. The second-order valence-corrected chi connectivity index (χ2v) is 6.52. The largest absolute Gasteiger partial charge is 0.444 e. The number of aromatic nitrogens is 1. The molecule has 1 aromatic rings. The fourth-order valence-corrected chi connectivity index (χ4v) is 2.52. The van der Waals surface area contributed by atoms with Gasteiger partial charge in [0.05, 0.1) is 0 Å². The molecule has 1 aromatic heterocycles. The molecule has 0 saturated carbocycles. The van der Waals surface area contributed by atoms with Gasteiger partial charge >= 0.3 is 6.09 Å². The van der Waals surface area contributed by atoms with Crippen LogP contribution in [0.2, 0.25) is 0 Å². The van der Waals surface area contributed by atoms with Gasteiger partial charge in [-0.3, -0.25) is 0 Å². The van der Waals surface area contributed by atoms with Crippen LogP contribution in [0.15, 0.2) is 24.4 Å². The fourth-order valence-electron chi connectivity index (χ4n) is 2.52. The van der Waals surface area contributed by atoms with Gasteiger partial charge in [0.2, 0.25) is 0 Å². The minimum absolute atomic E-state index is 0.336. The van der Waals surface area contributed by atoms with Gasteiger partial charge in [0, 0.05) is 25.8 Å². The van der Waals surface area contributed by atoms with Gasteiger partial charge in [-0.05, 0) is 51.7 Å². The summed E-state index contributed by atoms with van der Waals surface area (Å²) in [7, 11) is 0. The zero-order valence-corrected chi connectivity index (χ0v) is 13.1. The van der Waals surface area contributed by atoms with Crippen LogP contribution in [-0.2, 0) is 4.74 Å². The minimum Gasteiger partial charge on any atom is -0.444 e. The van der Waals surface area contributed by atoms with Gasteiger partial charge in [-0.2, -0.15) is 0 Å². The number of anilines is 1. The number of nitrogens with zero attached hydrogens (tertiary/aromatic N) is 2. The number of alkyl carbamates (subject to hydrolysis) is 1. The predicted octanol–water partition coefficient (Wildman–Crippen LogP) is 2.82. The number of amides is 1. The number of ether oxygens (including phenoxy) is 1. The summed E-state index contributed by atoms with van der Waals surface area (Å²) >= 11 is 0. The van der Waals surface area contributed by atoms with Crippen LogP contribution in [0, 0.1) is 5.92 Å². The molecule has 1 amide bonds. The lowest BCUT2D eigenvalue weighted by atomic mass is 9.98. The molecule has 0 unspecified atom stereocenters. The van der Waals surface area contributed by atoms with Crippen LogP contribution in [0.25, 0.3) is 0 Å². The minimum atomic E-state index is -0.448. The van der Waals surface area contributed by atoms with E-state index in [1.54, 1.807) is 0 Å². The highest BCUT2D eigenvalue weighted by molar-refractivity contribution is 5.67. The molecule has 2 heterocycles. The normalized spacial score (nSPS) is 19.2. The van der Waals surface area contributed by atoms with Crippen LogP contribution >= 0.6 is 0 Å². The lowest BCUT2D eigenvalue weighted by molar-refractivity contribution is 0.0517. The van der Waals surface area contributed by atoms with Crippen LogP contribution in [0.4, 0.5) is 10.6 Å². The van der Waals surface area contributed by atoms with Crippen LogP contribution in [0.5, 0.6) is 0 Å². The summed E-state index contributed by atoms with van der Waals surface area (Å²) in [5.41, 5.74) is -0.448. The average Bonchev–Trinajstić information content (AvgIpc) is 2.45. The van der Waals surface area contributed by atoms with Gasteiger partial charge in [-0.15, -0.1) is 0 Å². The maximum absolute atomic E-state index is 11.7. The number of pyridine rings is 1. The van der Waals surface area contributed by atoms with Gasteiger partial charge in [-0.25, -0.2) is 9.78 Å². The zero-order chi connectivity index (χ0) is 15.3. The van der Waals surface area contributed by atoms with Crippen molar-refractivity contribution in [2.45, 2.75) is 39.2 Å². The van der Waals surface area contributed by atoms with Gasteiger partial charge in [-0.1, -0.05) is 6.07 Å². The van der Waals surface area contributed by atoms with Gasteiger partial charge in [0.1, 0.15) is 11.4 Å². The molecular weight excluding hydrogens is 266 g/mol. The quantitative estimate of drug-likeness (QED) is 0.930. The van der Waals surface area contributed by atoms with E-state index in [0.29, 0.717) is 12.5 Å². The number of piperidine rings is 1. The molecule has 5 heteroatoms. The summed E-state index contributed by atoms with van der Waals surface area (Å²) in [5, 5.41) is 2.87. The van der Waals surface area contributed by atoms with E-state index in [1.165, 1.54) is 0 Å². The molecule has 1 saturated heterocycles.